The standard InChI is InChI=1S/C13H20OSi/c1-13-10-6-5-7-11(13)8-9-12(13)14-15(2,3)4/h6-7,9-10H,5,8H2,1-4H3. The van der Waals surface area contributed by atoms with Gasteiger partial charge in [0.2, 0.25) is 8.32 Å². The summed E-state index contributed by atoms with van der Waals surface area (Å²) in [5, 5.41) is 0. The van der Waals surface area contributed by atoms with Crippen LogP contribution in [0, 0.1) is 5.41 Å². The average Bonchev–Trinajstić information content (AvgIpc) is 2.41. The second-order valence-electron chi connectivity index (χ2n) is 5.56. The molecule has 0 spiro atoms. The van der Waals surface area contributed by atoms with Crippen molar-refractivity contribution in [1.29, 1.82) is 0 Å². The summed E-state index contributed by atoms with van der Waals surface area (Å²) >= 11 is 0. The van der Waals surface area contributed by atoms with Gasteiger partial charge in [-0.3, -0.25) is 0 Å². The highest BCUT2D eigenvalue weighted by Gasteiger charge is 2.38. The van der Waals surface area contributed by atoms with Gasteiger partial charge in [-0.05, 0) is 45.5 Å². The molecule has 0 aromatic carbocycles. The van der Waals surface area contributed by atoms with Crippen molar-refractivity contribution in [3.63, 3.8) is 0 Å². The fourth-order valence-corrected chi connectivity index (χ4v) is 3.22. The molecule has 0 fully saturated rings. The lowest BCUT2D eigenvalue weighted by molar-refractivity contribution is 0.336. The van der Waals surface area contributed by atoms with Crippen LogP contribution in [0.25, 0.3) is 0 Å². The van der Waals surface area contributed by atoms with Crippen molar-refractivity contribution in [2.45, 2.75) is 39.4 Å². The van der Waals surface area contributed by atoms with E-state index in [-0.39, 0.29) is 5.41 Å². The second-order valence-corrected chi connectivity index (χ2v) is 9.99. The average molecular weight is 220 g/mol. The minimum absolute atomic E-state index is 0.0680. The summed E-state index contributed by atoms with van der Waals surface area (Å²) in [4.78, 5) is 0. The van der Waals surface area contributed by atoms with E-state index >= 15 is 0 Å². The minimum atomic E-state index is -1.47. The molecule has 2 aliphatic rings. The Morgan fingerprint density at radius 3 is 2.67 bits per heavy atom. The zero-order chi connectivity index (χ0) is 11.1. The van der Waals surface area contributed by atoms with Crippen LogP contribution in [0.1, 0.15) is 19.8 Å². The van der Waals surface area contributed by atoms with Gasteiger partial charge in [-0.15, -0.1) is 0 Å². The molecule has 1 nitrogen and oxygen atoms in total. The summed E-state index contributed by atoms with van der Waals surface area (Å²) in [6.45, 7) is 9.00. The van der Waals surface area contributed by atoms with Crippen LogP contribution in [-0.2, 0) is 4.43 Å². The molecule has 0 saturated carbocycles. The van der Waals surface area contributed by atoms with Crippen LogP contribution in [0.2, 0.25) is 19.6 Å². The predicted molar refractivity (Wildman–Crippen MR) is 67.1 cm³/mol. The quantitative estimate of drug-likeness (QED) is 0.504. The van der Waals surface area contributed by atoms with Crippen molar-refractivity contribution in [3.05, 3.63) is 35.6 Å². The summed E-state index contributed by atoms with van der Waals surface area (Å²) in [5.74, 6) is 1.18. The Morgan fingerprint density at radius 1 is 1.27 bits per heavy atom. The molecule has 0 heterocycles. The molecule has 1 atom stereocenters. The molecule has 0 aromatic heterocycles. The Bertz CT molecular complexity index is 357. The van der Waals surface area contributed by atoms with Gasteiger partial charge in [0.1, 0.15) is 0 Å². The van der Waals surface area contributed by atoms with E-state index in [0.29, 0.717) is 0 Å². The molecular weight excluding hydrogens is 200 g/mol. The van der Waals surface area contributed by atoms with Crippen molar-refractivity contribution < 1.29 is 4.43 Å². The van der Waals surface area contributed by atoms with E-state index in [1.807, 2.05) is 0 Å². The third-order valence-electron chi connectivity index (χ3n) is 3.05. The van der Waals surface area contributed by atoms with Gasteiger partial charge in [0.05, 0.1) is 11.2 Å². The van der Waals surface area contributed by atoms with Crippen molar-refractivity contribution in [2.24, 2.45) is 5.41 Å². The van der Waals surface area contributed by atoms with Gasteiger partial charge in [-0.25, -0.2) is 0 Å². The Balaban J connectivity index is 2.25. The highest BCUT2D eigenvalue weighted by atomic mass is 28.4. The Hall–Kier alpha value is -0.763. The highest BCUT2D eigenvalue weighted by molar-refractivity contribution is 6.70. The molecular formula is C13H20OSi. The van der Waals surface area contributed by atoms with Crippen LogP contribution in [0.5, 0.6) is 0 Å². The Labute approximate surface area is 93.7 Å². The smallest absolute Gasteiger partial charge is 0.241 e. The number of rotatable bonds is 2. The van der Waals surface area contributed by atoms with Crippen molar-refractivity contribution >= 4 is 8.32 Å². The number of allylic oxidation sites excluding steroid dienone is 4. The fraction of sp³-hybridized carbons (Fsp3) is 0.538. The number of fused-ring (bicyclic) bond motifs is 1. The molecule has 2 heteroatoms. The highest BCUT2D eigenvalue weighted by Crippen LogP contribution is 2.47. The van der Waals surface area contributed by atoms with Crippen molar-refractivity contribution in [3.8, 4) is 0 Å². The lowest BCUT2D eigenvalue weighted by Gasteiger charge is -2.33. The van der Waals surface area contributed by atoms with Gasteiger partial charge in [-0.1, -0.05) is 23.8 Å². The molecule has 0 saturated heterocycles. The topological polar surface area (TPSA) is 9.23 Å². The van der Waals surface area contributed by atoms with Crippen molar-refractivity contribution in [1.82, 2.24) is 0 Å². The first kappa shape index (κ1) is 10.7. The fourth-order valence-electron chi connectivity index (χ4n) is 2.26. The molecule has 0 aliphatic heterocycles. The van der Waals surface area contributed by atoms with Crippen LogP contribution in [0.15, 0.2) is 35.6 Å². The van der Waals surface area contributed by atoms with Crippen LogP contribution in [0.4, 0.5) is 0 Å². The predicted octanol–water partition coefficient (Wildman–Crippen LogP) is 4.02. The monoisotopic (exact) mass is 220 g/mol. The first-order valence-electron chi connectivity index (χ1n) is 5.69. The van der Waals surface area contributed by atoms with E-state index in [0.717, 1.165) is 12.8 Å². The molecule has 0 aromatic rings. The van der Waals surface area contributed by atoms with Crippen LogP contribution >= 0.6 is 0 Å². The number of hydrogen-bond donors (Lipinski definition) is 0. The maximum atomic E-state index is 6.18. The summed E-state index contributed by atoms with van der Waals surface area (Å²) in [6.07, 6.45) is 11.3. The van der Waals surface area contributed by atoms with E-state index in [9.17, 15) is 0 Å². The number of hydrogen-bond acceptors (Lipinski definition) is 1. The van der Waals surface area contributed by atoms with E-state index in [1.165, 1.54) is 11.3 Å². The Morgan fingerprint density at radius 2 is 2.00 bits per heavy atom. The molecule has 0 bridgehead atoms. The largest absolute Gasteiger partial charge is 0.547 e. The third kappa shape index (κ3) is 1.96. The summed E-state index contributed by atoms with van der Waals surface area (Å²) in [5.41, 5.74) is 1.58. The van der Waals surface area contributed by atoms with Gasteiger partial charge in [-0.2, -0.15) is 0 Å². The van der Waals surface area contributed by atoms with Gasteiger partial charge >= 0.3 is 0 Å². The molecule has 1 unspecified atom stereocenters. The first-order chi connectivity index (χ1) is 6.92. The molecule has 0 amide bonds. The Kier molecular flexibility index (Phi) is 2.42. The van der Waals surface area contributed by atoms with Gasteiger partial charge < -0.3 is 4.43 Å². The lowest BCUT2D eigenvalue weighted by Crippen LogP contribution is -2.30. The van der Waals surface area contributed by atoms with Crippen LogP contribution in [0.3, 0.4) is 0 Å². The van der Waals surface area contributed by atoms with Crippen LogP contribution in [-0.4, -0.2) is 8.32 Å². The molecule has 0 radical (unpaired) electrons. The van der Waals surface area contributed by atoms with Gasteiger partial charge in [0, 0.05) is 0 Å². The van der Waals surface area contributed by atoms with E-state index in [4.69, 9.17) is 4.43 Å². The van der Waals surface area contributed by atoms with E-state index in [1.54, 1.807) is 0 Å². The lowest BCUT2D eigenvalue weighted by atomic mass is 9.80. The van der Waals surface area contributed by atoms with Gasteiger partial charge in [0.15, 0.2) is 0 Å². The molecule has 0 N–H and O–H groups in total. The van der Waals surface area contributed by atoms with Crippen LogP contribution < -0.4 is 0 Å². The van der Waals surface area contributed by atoms with Crippen molar-refractivity contribution in [2.75, 3.05) is 0 Å². The molecule has 2 aliphatic carbocycles. The minimum Gasteiger partial charge on any atom is -0.547 e. The summed E-state index contributed by atoms with van der Waals surface area (Å²) in [6, 6.07) is 0. The first-order valence-corrected chi connectivity index (χ1v) is 9.09. The summed E-state index contributed by atoms with van der Waals surface area (Å²) in [7, 11) is -1.47. The zero-order valence-corrected chi connectivity index (χ0v) is 11.1. The maximum Gasteiger partial charge on any atom is 0.241 e. The molecule has 15 heavy (non-hydrogen) atoms. The van der Waals surface area contributed by atoms with E-state index < -0.39 is 8.32 Å². The van der Waals surface area contributed by atoms with Gasteiger partial charge in [0.25, 0.3) is 0 Å². The summed E-state index contributed by atoms with van der Waals surface area (Å²) < 4.78 is 6.18. The third-order valence-corrected chi connectivity index (χ3v) is 3.89. The van der Waals surface area contributed by atoms with E-state index in [2.05, 4.69) is 50.9 Å². The second kappa shape index (κ2) is 3.37. The zero-order valence-electron chi connectivity index (χ0n) is 10.1. The molecule has 82 valence electrons. The SMILES string of the molecule is CC12C=CCC=C1CC=C2O[Si](C)(C)C. The molecule has 2 rings (SSSR count). The normalized spacial score (nSPS) is 29.6. The maximum absolute atomic E-state index is 6.18.